The quantitative estimate of drug-likeness (QED) is 0.834. The molecule has 0 spiro atoms. The molecule has 4 nitrogen and oxygen atoms in total. The van der Waals surface area contributed by atoms with E-state index in [0.29, 0.717) is 6.04 Å². The molecule has 0 amide bonds. The Hall–Kier alpha value is -1.13. The zero-order chi connectivity index (χ0) is 11.4. The maximum atomic E-state index is 9.05. The van der Waals surface area contributed by atoms with Gasteiger partial charge in [-0.3, -0.25) is 4.98 Å². The Kier molecular flexibility index (Phi) is 3.74. The van der Waals surface area contributed by atoms with Gasteiger partial charge in [-0.2, -0.15) is 0 Å². The van der Waals surface area contributed by atoms with Crippen LogP contribution in [-0.4, -0.2) is 36.4 Å². The average molecular weight is 222 g/mol. The molecule has 1 aliphatic heterocycles. The minimum atomic E-state index is -0.00451. The molecule has 88 valence electrons. The summed E-state index contributed by atoms with van der Waals surface area (Å²) in [7, 11) is 2.09. The second-order valence-corrected chi connectivity index (χ2v) is 4.12. The van der Waals surface area contributed by atoms with Crippen molar-refractivity contribution in [3.05, 3.63) is 24.0 Å². The predicted molar refractivity (Wildman–Crippen MR) is 62.4 cm³/mol. The van der Waals surface area contributed by atoms with Gasteiger partial charge >= 0.3 is 0 Å². The van der Waals surface area contributed by atoms with E-state index in [1.54, 1.807) is 6.20 Å². The SMILES string of the molecule is CN(c1ccnc(CO)c1)C1CCOCC1. The van der Waals surface area contributed by atoms with Gasteiger partial charge in [-0.05, 0) is 25.0 Å². The summed E-state index contributed by atoms with van der Waals surface area (Å²) in [4.78, 5) is 6.34. The largest absolute Gasteiger partial charge is 0.390 e. The van der Waals surface area contributed by atoms with Gasteiger partial charge in [0.25, 0.3) is 0 Å². The third-order valence-electron chi connectivity index (χ3n) is 3.11. The third kappa shape index (κ3) is 2.51. The molecule has 1 aliphatic rings. The van der Waals surface area contributed by atoms with Crippen LogP contribution in [0.5, 0.6) is 0 Å². The fraction of sp³-hybridized carbons (Fsp3) is 0.583. The lowest BCUT2D eigenvalue weighted by Crippen LogP contribution is -2.36. The number of aliphatic hydroxyl groups excluding tert-OH is 1. The minimum absolute atomic E-state index is 0.00451. The Morgan fingerprint density at radius 2 is 2.25 bits per heavy atom. The summed E-state index contributed by atoms with van der Waals surface area (Å²) in [6.45, 7) is 1.68. The van der Waals surface area contributed by atoms with Gasteiger partial charge in [0.15, 0.2) is 0 Å². The van der Waals surface area contributed by atoms with Crippen molar-refractivity contribution in [3.8, 4) is 0 Å². The molecular formula is C12H18N2O2. The Morgan fingerprint density at radius 3 is 2.94 bits per heavy atom. The van der Waals surface area contributed by atoms with Gasteiger partial charge < -0.3 is 14.7 Å². The van der Waals surface area contributed by atoms with Crippen LogP contribution >= 0.6 is 0 Å². The monoisotopic (exact) mass is 222 g/mol. The van der Waals surface area contributed by atoms with E-state index in [4.69, 9.17) is 9.84 Å². The lowest BCUT2D eigenvalue weighted by Gasteiger charge is -2.33. The second kappa shape index (κ2) is 5.27. The van der Waals surface area contributed by atoms with E-state index >= 15 is 0 Å². The highest BCUT2D eigenvalue weighted by Gasteiger charge is 2.18. The summed E-state index contributed by atoms with van der Waals surface area (Å²) in [6, 6.07) is 4.45. The van der Waals surface area contributed by atoms with Crippen molar-refractivity contribution in [2.45, 2.75) is 25.5 Å². The number of pyridine rings is 1. The summed E-state index contributed by atoms with van der Waals surface area (Å²) in [5, 5.41) is 9.05. The van der Waals surface area contributed by atoms with Crippen LogP contribution in [0, 0.1) is 0 Å². The number of nitrogens with zero attached hydrogens (tertiary/aromatic N) is 2. The summed E-state index contributed by atoms with van der Waals surface area (Å²) >= 11 is 0. The van der Waals surface area contributed by atoms with Crippen molar-refractivity contribution < 1.29 is 9.84 Å². The van der Waals surface area contributed by atoms with E-state index in [1.165, 1.54) is 0 Å². The first-order valence-corrected chi connectivity index (χ1v) is 5.67. The summed E-state index contributed by atoms with van der Waals surface area (Å²) < 4.78 is 5.35. The fourth-order valence-electron chi connectivity index (χ4n) is 2.05. The van der Waals surface area contributed by atoms with E-state index in [1.807, 2.05) is 12.1 Å². The number of aliphatic hydroxyl groups is 1. The second-order valence-electron chi connectivity index (χ2n) is 4.12. The van der Waals surface area contributed by atoms with E-state index in [0.717, 1.165) is 37.4 Å². The van der Waals surface area contributed by atoms with Crippen LogP contribution in [0.3, 0.4) is 0 Å². The van der Waals surface area contributed by atoms with Crippen LogP contribution in [0.15, 0.2) is 18.3 Å². The molecule has 0 aliphatic carbocycles. The highest BCUT2D eigenvalue weighted by atomic mass is 16.5. The molecule has 1 aromatic rings. The standard InChI is InChI=1S/C12H18N2O2/c1-14(11-3-6-16-7-4-11)12-2-5-13-10(8-12)9-15/h2,5,8,11,15H,3-4,6-7,9H2,1H3. The Morgan fingerprint density at radius 1 is 1.50 bits per heavy atom. The smallest absolute Gasteiger partial charge is 0.0853 e. The van der Waals surface area contributed by atoms with Crippen molar-refractivity contribution in [2.75, 3.05) is 25.2 Å². The first kappa shape index (κ1) is 11.4. The first-order chi connectivity index (χ1) is 7.81. The molecule has 2 heterocycles. The molecule has 1 aromatic heterocycles. The molecule has 0 saturated carbocycles. The number of rotatable bonds is 3. The number of hydrogen-bond acceptors (Lipinski definition) is 4. The highest BCUT2D eigenvalue weighted by molar-refractivity contribution is 5.46. The van der Waals surface area contributed by atoms with Gasteiger partial charge in [0, 0.05) is 38.2 Å². The average Bonchev–Trinajstić information content (AvgIpc) is 2.39. The number of anilines is 1. The van der Waals surface area contributed by atoms with Crippen molar-refractivity contribution in [1.82, 2.24) is 4.98 Å². The summed E-state index contributed by atoms with van der Waals surface area (Å²) in [5.74, 6) is 0. The molecule has 0 atom stereocenters. The molecule has 0 radical (unpaired) electrons. The molecule has 1 saturated heterocycles. The summed E-state index contributed by atoms with van der Waals surface area (Å²) in [6.07, 6.45) is 3.87. The molecule has 0 bridgehead atoms. The van der Waals surface area contributed by atoms with Crippen LogP contribution in [-0.2, 0) is 11.3 Å². The van der Waals surface area contributed by atoms with Gasteiger partial charge in [0.05, 0.1) is 12.3 Å². The van der Waals surface area contributed by atoms with E-state index in [2.05, 4.69) is 16.9 Å². The zero-order valence-corrected chi connectivity index (χ0v) is 9.59. The Bertz CT molecular complexity index is 338. The summed E-state index contributed by atoms with van der Waals surface area (Å²) in [5.41, 5.74) is 1.84. The normalized spacial score (nSPS) is 17.4. The van der Waals surface area contributed by atoms with Crippen molar-refractivity contribution in [1.29, 1.82) is 0 Å². The van der Waals surface area contributed by atoms with Crippen molar-refractivity contribution >= 4 is 5.69 Å². The molecule has 2 rings (SSSR count). The van der Waals surface area contributed by atoms with E-state index < -0.39 is 0 Å². The van der Waals surface area contributed by atoms with Gasteiger partial charge in [0.2, 0.25) is 0 Å². The Balaban J connectivity index is 2.09. The highest BCUT2D eigenvalue weighted by Crippen LogP contribution is 2.21. The zero-order valence-electron chi connectivity index (χ0n) is 9.59. The maximum absolute atomic E-state index is 9.05. The van der Waals surface area contributed by atoms with Gasteiger partial charge in [0.1, 0.15) is 0 Å². The Labute approximate surface area is 95.9 Å². The molecular weight excluding hydrogens is 204 g/mol. The minimum Gasteiger partial charge on any atom is -0.390 e. The first-order valence-electron chi connectivity index (χ1n) is 5.67. The van der Waals surface area contributed by atoms with Crippen LogP contribution in [0.25, 0.3) is 0 Å². The van der Waals surface area contributed by atoms with E-state index in [9.17, 15) is 0 Å². The van der Waals surface area contributed by atoms with Gasteiger partial charge in [-0.25, -0.2) is 0 Å². The van der Waals surface area contributed by atoms with Crippen molar-refractivity contribution in [3.63, 3.8) is 0 Å². The lowest BCUT2D eigenvalue weighted by atomic mass is 10.1. The molecule has 1 fully saturated rings. The van der Waals surface area contributed by atoms with Crippen LogP contribution in [0.1, 0.15) is 18.5 Å². The number of hydrogen-bond donors (Lipinski definition) is 1. The predicted octanol–water partition coefficient (Wildman–Crippen LogP) is 1.19. The van der Waals surface area contributed by atoms with Gasteiger partial charge in [-0.15, -0.1) is 0 Å². The van der Waals surface area contributed by atoms with Crippen molar-refractivity contribution in [2.24, 2.45) is 0 Å². The molecule has 16 heavy (non-hydrogen) atoms. The molecule has 4 heteroatoms. The molecule has 0 unspecified atom stereocenters. The molecule has 1 N–H and O–H groups in total. The van der Waals surface area contributed by atoms with E-state index in [-0.39, 0.29) is 6.61 Å². The van der Waals surface area contributed by atoms with Crippen LogP contribution < -0.4 is 4.90 Å². The molecule has 0 aromatic carbocycles. The lowest BCUT2D eigenvalue weighted by molar-refractivity contribution is 0.0855. The van der Waals surface area contributed by atoms with Crippen LogP contribution in [0.2, 0.25) is 0 Å². The number of aromatic nitrogens is 1. The van der Waals surface area contributed by atoms with Crippen LogP contribution in [0.4, 0.5) is 5.69 Å². The maximum Gasteiger partial charge on any atom is 0.0853 e. The fourth-order valence-corrected chi connectivity index (χ4v) is 2.05. The topological polar surface area (TPSA) is 45.6 Å². The van der Waals surface area contributed by atoms with Gasteiger partial charge in [-0.1, -0.05) is 0 Å². The number of ether oxygens (including phenoxy) is 1. The third-order valence-corrected chi connectivity index (χ3v) is 3.11.